The average Bonchev–Trinajstić information content (AvgIpc) is 2.58. The van der Waals surface area contributed by atoms with E-state index in [1.165, 1.54) is 0 Å². The van der Waals surface area contributed by atoms with E-state index in [2.05, 4.69) is 0 Å². The van der Waals surface area contributed by atoms with E-state index >= 15 is 0 Å². The zero-order valence-electron chi connectivity index (χ0n) is 13.5. The minimum absolute atomic E-state index is 0.0172. The molecule has 0 aromatic heterocycles. The van der Waals surface area contributed by atoms with Crippen LogP contribution in [-0.2, 0) is 0 Å². The van der Waals surface area contributed by atoms with Crippen molar-refractivity contribution in [3.63, 3.8) is 0 Å². The first-order valence-electron chi connectivity index (χ1n) is 7.22. The number of nitrogens with two attached hydrogens (primary N) is 1. The highest BCUT2D eigenvalue weighted by molar-refractivity contribution is 6.01. The lowest BCUT2D eigenvalue weighted by atomic mass is 9.83. The van der Waals surface area contributed by atoms with Gasteiger partial charge in [-0.25, -0.2) is 0 Å². The number of rotatable bonds is 2. The Balaban J connectivity index is 2.76. The molecule has 1 aromatic rings. The smallest absolute Gasteiger partial charge is 0.165 e. The predicted molar refractivity (Wildman–Crippen MR) is 81.5 cm³/mol. The first kappa shape index (κ1) is 15.0. The van der Waals surface area contributed by atoms with Crippen LogP contribution in [0.3, 0.4) is 0 Å². The Hall–Kier alpha value is -1.35. The van der Waals surface area contributed by atoms with Crippen molar-refractivity contribution < 1.29 is 9.53 Å². The second-order valence-electron chi connectivity index (χ2n) is 6.69. The number of carbonyl (C=O) groups excluding carboxylic acids is 1. The van der Waals surface area contributed by atoms with E-state index in [1.54, 1.807) is 0 Å². The second kappa shape index (κ2) is 4.59. The van der Waals surface area contributed by atoms with Crippen LogP contribution in [0.2, 0.25) is 0 Å². The first-order chi connectivity index (χ1) is 9.09. The molecular formula is C17H25NO2. The highest BCUT2D eigenvalue weighted by Crippen LogP contribution is 2.47. The number of ketones is 1. The zero-order chi connectivity index (χ0) is 15.4. The molecule has 0 aliphatic carbocycles. The van der Waals surface area contributed by atoms with Crippen LogP contribution in [0.15, 0.2) is 0 Å². The topological polar surface area (TPSA) is 52.3 Å². The predicted octanol–water partition coefficient (Wildman–Crippen LogP) is 3.62. The molecule has 2 N–H and O–H groups in total. The summed E-state index contributed by atoms with van der Waals surface area (Å²) < 4.78 is 6.06. The van der Waals surface area contributed by atoms with E-state index in [0.29, 0.717) is 0 Å². The highest BCUT2D eigenvalue weighted by Gasteiger charge is 2.42. The van der Waals surface area contributed by atoms with Crippen LogP contribution in [-0.4, -0.2) is 11.4 Å². The van der Waals surface area contributed by atoms with E-state index in [1.807, 2.05) is 48.5 Å². The molecule has 1 aliphatic heterocycles. The van der Waals surface area contributed by atoms with E-state index in [4.69, 9.17) is 10.5 Å². The fourth-order valence-corrected chi connectivity index (χ4v) is 2.98. The fourth-order valence-electron chi connectivity index (χ4n) is 2.98. The lowest BCUT2D eigenvalue weighted by Gasteiger charge is -2.23. The molecule has 1 heterocycles. The summed E-state index contributed by atoms with van der Waals surface area (Å²) in [5, 5.41) is 0. The third kappa shape index (κ3) is 1.96. The molecule has 0 saturated heterocycles. The quantitative estimate of drug-likeness (QED) is 0.839. The molecule has 3 nitrogen and oxygen atoms in total. The molecule has 0 bridgehead atoms. The Morgan fingerprint density at radius 1 is 1.15 bits per heavy atom. The Bertz CT molecular complexity index is 585. The number of benzene rings is 1. The van der Waals surface area contributed by atoms with Gasteiger partial charge in [0.25, 0.3) is 0 Å². The molecule has 3 heteroatoms. The average molecular weight is 275 g/mol. The van der Waals surface area contributed by atoms with E-state index in [0.717, 1.165) is 33.6 Å². The summed E-state index contributed by atoms with van der Waals surface area (Å²) in [5.74, 6) is 1.04. The summed E-state index contributed by atoms with van der Waals surface area (Å²) in [6, 6.07) is -0.199. The lowest BCUT2D eigenvalue weighted by molar-refractivity contribution is 0.0938. The van der Waals surface area contributed by atoms with Crippen LogP contribution in [0.5, 0.6) is 5.75 Å². The van der Waals surface area contributed by atoms with Gasteiger partial charge in [-0.05, 0) is 51.3 Å². The molecular weight excluding hydrogens is 250 g/mol. The highest BCUT2D eigenvalue weighted by atomic mass is 16.5. The Morgan fingerprint density at radius 3 is 2.20 bits per heavy atom. The molecule has 20 heavy (non-hydrogen) atoms. The van der Waals surface area contributed by atoms with Gasteiger partial charge in [-0.1, -0.05) is 13.8 Å². The van der Waals surface area contributed by atoms with Crippen molar-refractivity contribution in [2.45, 2.75) is 60.1 Å². The summed E-state index contributed by atoms with van der Waals surface area (Å²) in [4.78, 5) is 12.5. The van der Waals surface area contributed by atoms with Gasteiger partial charge in [-0.3, -0.25) is 4.79 Å². The standard InChI is InChI=1S/C17H25NO2/c1-8(2)14(19)12-9(3)10(4)15-13(11(12)5)16(18)17(6,7)20-15/h8,16H,18H2,1-7H3. The number of hydrogen-bond acceptors (Lipinski definition) is 3. The fraction of sp³-hybridized carbons (Fsp3) is 0.588. The molecule has 1 unspecified atom stereocenters. The van der Waals surface area contributed by atoms with Crippen molar-refractivity contribution >= 4 is 5.78 Å². The molecule has 0 amide bonds. The third-order valence-electron chi connectivity index (χ3n) is 4.50. The first-order valence-corrected chi connectivity index (χ1v) is 7.22. The minimum atomic E-state index is -0.427. The summed E-state index contributed by atoms with van der Waals surface area (Å²) in [5.41, 5.74) is 10.8. The Morgan fingerprint density at radius 2 is 1.70 bits per heavy atom. The van der Waals surface area contributed by atoms with Gasteiger partial charge in [0.2, 0.25) is 0 Å². The second-order valence-corrected chi connectivity index (χ2v) is 6.69. The molecule has 110 valence electrons. The van der Waals surface area contributed by atoms with Crippen molar-refractivity contribution in [2.24, 2.45) is 11.7 Å². The monoisotopic (exact) mass is 275 g/mol. The normalized spacial score (nSPS) is 19.9. The molecule has 0 radical (unpaired) electrons. The van der Waals surface area contributed by atoms with Crippen molar-refractivity contribution in [1.29, 1.82) is 0 Å². The number of fused-ring (bicyclic) bond motifs is 1. The summed E-state index contributed by atoms with van der Waals surface area (Å²) in [7, 11) is 0. The lowest BCUT2D eigenvalue weighted by Crippen LogP contribution is -2.35. The van der Waals surface area contributed by atoms with Gasteiger partial charge < -0.3 is 10.5 Å². The molecule has 1 aliphatic rings. The van der Waals surface area contributed by atoms with Gasteiger partial charge in [-0.2, -0.15) is 0 Å². The van der Waals surface area contributed by atoms with Gasteiger partial charge in [0, 0.05) is 17.0 Å². The largest absolute Gasteiger partial charge is 0.485 e. The number of carbonyl (C=O) groups is 1. The zero-order valence-corrected chi connectivity index (χ0v) is 13.5. The van der Waals surface area contributed by atoms with E-state index in [-0.39, 0.29) is 17.7 Å². The van der Waals surface area contributed by atoms with Crippen LogP contribution in [0.25, 0.3) is 0 Å². The van der Waals surface area contributed by atoms with Crippen molar-refractivity contribution in [1.82, 2.24) is 0 Å². The van der Waals surface area contributed by atoms with Gasteiger partial charge in [0.1, 0.15) is 11.4 Å². The van der Waals surface area contributed by atoms with E-state index in [9.17, 15) is 4.79 Å². The maximum absolute atomic E-state index is 12.5. The van der Waals surface area contributed by atoms with Gasteiger partial charge in [-0.15, -0.1) is 0 Å². The minimum Gasteiger partial charge on any atom is -0.485 e. The molecule has 2 rings (SSSR count). The van der Waals surface area contributed by atoms with Crippen LogP contribution in [0, 0.1) is 26.7 Å². The molecule has 0 saturated carbocycles. The molecule has 1 aromatic carbocycles. The summed E-state index contributed by atoms with van der Waals surface area (Å²) in [6.07, 6.45) is 0. The van der Waals surface area contributed by atoms with Gasteiger partial charge in [0.05, 0.1) is 6.04 Å². The summed E-state index contributed by atoms with van der Waals surface area (Å²) in [6.45, 7) is 13.9. The summed E-state index contributed by atoms with van der Waals surface area (Å²) >= 11 is 0. The maximum atomic E-state index is 12.5. The van der Waals surface area contributed by atoms with Crippen LogP contribution in [0.4, 0.5) is 0 Å². The van der Waals surface area contributed by atoms with Crippen molar-refractivity contribution in [3.05, 3.63) is 27.8 Å². The Labute approximate surface area is 121 Å². The molecule has 0 spiro atoms. The van der Waals surface area contributed by atoms with Gasteiger partial charge >= 0.3 is 0 Å². The van der Waals surface area contributed by atoms with E-state index < -0.39 is 5.60 Å². The van der Waals surface area contributed by atoms with Crippen molar-refractivity contribution in [2.75, 3.05) is 0 Å². The third-order valence-corrected chi connectivity index (χ3v) is 4.50. The number of hydrogen-bond donors (Lipinski definition) is 1. The van der Waals surface area contributed by atoms with Gasteiger partial charge in [0.15, 0.2) is 5.78 Å². The molecule has 0 fully saturated rings. The van der Waals surface area contributed by atoms with Crippen LogP contribution < -0.4 is 10.5 Å². The SMILES string of the molecule is Cc1c(C)c(C(=O)C(C)C)c(C)c2c1OC(C)(C)C2N. The number of ether oxygens (including phenoxy) is 1. The number of Topliss-reactive ketones (excluding diaryl/α,β-unsaturated/α-hetero) is 1. The molecule has 1 atom stereocenters. The van der Waals surface area contributed by atoms with Crippen LogP contribution >= 0.6 is 0 Å². The maximum Gasteiger partial charge on any atom is 0.165 e. The Kier molecular flexibility index (Phi) is 3.45. The van der Waals surface area contributed by atoms with Crippen molar-refractivity contribution in [3.8, 4) is 5.75 Å². The van der Waals surface area contributed by atoms with Crippen LogP contribution in [0.1, 0.15) is 66.3 Å².